The highest BCUT2D eigenvalue weighted by molar-refractivity contribution is 7.89. The lowest BCUT2D eigenvalue weighted by molar-refractivity contribution is -0.138. The van der Waals surface area contributed by atoms with Gasteiger partial charge >= 0.3 is 5.97 Å². The average Bonchev–Trinajstić information content (AvgIpc) is 2.61. The van der Waals surface area contributed by atoms with Crippen LogP contribution >= 0.6 is 0 Å². The summed E-state index contributed by atoms with van der Waals surface area (Å²) in [7, 11) is -3.31. The second-order valence-electron chi connectivity index (χ2n) is 6.39. The Morgan fingerprint density at radius 3 is 2.33 bits per heavy atom. The van der Waals surface area contributed by atoms with Gasteiger partial charge in [-0.05, 0) is 45.4 Å². The predicted octanol–water partition coefficient (Wildman–Crippen LogP) is 1.46. The summed E-state index contributed by atoms with van der Waals surface area (Å²) in [5, 5.41) is 8.90. The first-order valence-corrected chi connectivity index (χ1v) is 9.25. The van der Waals surface area contributed by atoms with E-state index >= 15 is 0 Å². The molecule has 2 heterocycles. The van der Waals surface area contributed by atoms with Gasteiger partial charge in [-0.3, -0.25) is 4.79 Å². The van der Waals surface area contributed by atoms with E-state index in [0.29, 0.717) is 12.8 Å². The van der Waals surface area contributed by atoms with E-state index in [0.717, 1.165) is 12.8 Å². The molecule has 6 nitrogen and oxygen atoms in total. The second-order valence-corrected chi connectivity index (χ2v) is 8.38. The summed E-state index contributed by atoms with van der Waals surface area (Å²) < 4.78 is 32.0. The minimum absolute atomic E-state index is 0.0157. The Bertz CT molecular complexity index is 462. The average molecular weight is 319 g/mol. The van der Waals surface area contributed by atoms with E-state index in [4.69, 9.17) is 9.84 Å². The first kappa shape index (κ1) is 16.7. The first-order chi connectivity index (χ1) is 9.79. The number of nitrogens with zero attached hydrogens (tertiary/aromatic N) is 1. The molecule has 2 saturated heterocycles. The van der Waals surface area contributed by atoms with Crippen LogP contribution in [0.15, 0.2) is 0 Å². The number of ether oxygens (including phenoxy) is 1. The molecule has 2 aliphatic rings. The third-order valence-corrected chi connectivity index (χ3v) is 6.26. The van der Waals surface area contributed by atoms with Crippen molar-refractivity contribution >= 4 is 16.0 Å². The van der Waals surface area contributed by atoms with E-state index in [1.807, 2.05) is 13.8 Å². The van der Waals surface area contributed by atoms with Crippen molar-refractivity contribution in [3.8, 4) is 0 Å². The number of hydrogen-bond acceptors (Lipinski definition) is 4. The highest BCUT2D eigenvalue weighted by Crippen LogP contribution is 2.41. The van der Waals surface area contributed by atoms with Gasteiger partial charge in [-0.2, -0.15) is 4.31 Å². The first-order valence-electron chi connectivity index (χ1n) is 7.64. The van der Waals surface area contributed by atoms with Crippen LogP contribution in [0.25, 0.3) is 0 Å². The summed E-state index contributed by atoms with van der Waals surface area (Å²) in [5.74, 6) is -0.665. The fourth-order valence-electron chi connectivity index (χ4n) is 3.61. The molecule has 2 unspecified atom stereocenters. The fourth-order valence-corrected chi connectivity index (χ4v) is 5.42. The van der Waals surface area contributed by atoms with E-state index in [1.54, 1.807) is 4.31 Å². The summed E-state index contributed by atoms with van der Waals surface area (Å²) >= 11 is 0. The van der Waals surface area contributed by atoms with Gasteiger partial charge in [0.05, 0.1) is 18.5 Å². The van der Waals surface area contributed by atoms with Gasteiger partial charge in [-0.1, -0.05) is 0 Å². The topological polar surface area (TPSA) is 83.9 Å². The maximum atomic E-state index is 12.5. The number of carboxylic acid groups (broad SMARTS) is 1. The van der Waals surface area contributed by atoms with Crippen LogP contribution in [0.4, 0.5) is 0 Å². The molecule has 2 rings (SSSR count). The Morgan fingerprint density at radius 2 is 1.86 bits per heavy atom. The van der Waals surface area contributed by atoms with Gasteiger partial charge in [-0.15, -0.1) is 0 Å². The van der Waals surface area contributed by atoms with Gasteiger partial charge in [0.15, 0.2) is 0 Å². The van der Waals surface area contributed by atoms with Gasteiger partial charge in [0.1, 0.15) is 0 Å². The quantitative estimate of drug-likeness (QED) is 0.768. The van der Waals surface area contributed by atoms with Gasteiger partial charge in [0.25, 0.3) is 0 Å². The summed E-state index contributed by atoms with van der Waals surface area (Å²) in [6.07, 6.45) is 3.23. The summed E-state index contributed by atoms with van der Waals surface area (Å²) in [6.45, 7) is 3.98. The molecule has 2 atom stereocenters. The monoisotopic (exact) mass is 319 g/mol. The van der Waals surface area contributed by atoms with Crippen molar-refractivity contribution in [1.29, 1.82) is 0 Å². The van der Waals surface area contributed by atoms with Gasteiger partial charge in [0.2, 0.25) is 10.0 Å². The third kappa shape index (κ3) is 4.17. The van der Waals surface area contributed by atoms with Crippen LogP contribution in [0.5, 0.6) is 0 Å². The SMILES string of the molecule is CC(C)OCCS(=O)(=O)N1C2CCC1CC(CC(=O)O)C2. The zero-order chi connectivity index (χ0) is 15.6. The molecule has 0 aromatic rings. The number of aliphatic carboxylic acids is 1. The van der Waals surface area contributed by atoms with Crippen LogP contribution < -0.4 is 0 Å². The maximum absolute atomic E-state index is 12.5. The number of hydrogen-bond donors (Lipinski definition) is 1. The molecule has 0 saturated carbocycles. The zero-order valence-corrected chi connectivity index (χ0v) is 13.5. The Kier molecular flexibility index (Phi) is 5.27. The highest BCUT2D eigenvalue weighted by atomic mass is 32.2. The van der Waals surface area contributed by atoms with E-state index in [9.17, 15) is 13.2 Å². The predicted molar refractivity (Wildman–Crippen MR) is 78.5 cm³/mol. The molecule has 0 amide bonds. The molecule has 0 aromatic carbocycles. The van der Waals surface area contributed by atoms with Crippen LogP contribution in [0.1, 0.15) is 46.0 Å². The van der Waals surface area contributed by atoms with E-state index in [2.05, 4.69) is 0 Å². The Hall–Kier alpha value is -0.660. The molecule has 2 fully saturated rings. The summed E-state index contributed by atoms with van der Waals surface area (Å²) in [5.41, 5.74) is 0. The van der Waals surface area contributed by atoms with Crippen LogP contribution in [0.2, 0.25) is 0 Å². The third-order valence-electron chi connectivity index (χ3n) is 4.34. The number of carboxylic acids is 1. The number of carbonyl (C=O) groups is 1. The molecule has 0 spiro atoms. The van der Waals surface area contributed by atoms with Crippen molar-refractivity contribution < 1.29 is 23.1 Å². The molecule has 7 heteroatoms. The molecule has 122 valence electrons. The number of rotatable bonds is 7. The molecule has 2 aliphatic heterocycles. The standard InChI is InChI=1S/C14H25NO5S/c1-10(2)20-5-6-21(18,19)15-12-3-4-13(15)8-11(7-12)9-14(16)17/h10-13H,3-9H2,1-2H3,(H,16,17). The number of fused-ring (bicyclic) bond motifs is 2. The summed E-state index contributed by atoms with van der Waals surface area (Å²) in [6, 6.07) is -0.0331. The molecule has 0 aliphatic carbocycles. The lowest BCUT2D eigenvalue weighted by Crippen LogP contribution is -2.48. The molecule has 1 N–H and O–H groups in total. The van der Waals surface area contributed by atoms with Crippen molar-refractivity contribution in [2.45, 2.75) is 64.1 Å². The maximum Gasteiger partial charge on any atom is 0.303 e. The smallest absolute Gasteiger partial charge is 0.303 e. The van der Waals surface area contributed by atoms with Crippen LogP contribution in [-0.2, 0) is 19.6 Å². The van der Waals surface area contributed by atoms with Crippen molar-refractivity contribution in [2.75, 3.05) is 12.4 Å². The van der Waals surface area contributed by atoms with Crippen molar-refractivity contribution in [1.82, 2.24) is 4.31 Å². The Labute approximate surface area is 126 Å². The fraction of sp³-hybridized carbons (Fsp3) is 0.929. The minimum Gasteiger partial charge on any atom is -0.481 e. The Morgan fingerprint density at radius 1 is 1.29 bits per heavy atom. The van der Waals surface area contributed by atoms with E-state index in [-0.39, 0.29) is 42.9 Å². The van der Waals surface area contributed by atoms with E-state index in [1.165, 1.54) is 0 Å². The normalized spacial score (nSPS) is 30.0. The van der Waals surface area contributed by atoms with Gasteiger partial charge in [-0.25, -0.2) is 8.42 Å². The van der Waals surface area contributed by atoms with Crippen molar-refractivity contribution in [3.05, 3.63) is 0 Å². The second kappa shape index (κ2) is 6.62. The van der Waals surface area contributed by atoms with Crippen LogP contribution in [-0.4, -0.2) is 54.3 Å². The van der Waals surface area contributed by atoms with Gasteiger partial charge < -0.3 is 9.84 Å². The van der Waals surface area contributed by atoms with E-state index < -0.39 is 16.0 Å². The minimum atomic E-state index is -3.31. The molecule has 21 heavy (non-hydrogen) atoms. The van der Waals surface area contributed by atoms with Gasteiger partial charge in [0, 0.05) is 18.5 Å². The molecule has 0 aromatic heterocycles. The van der Waals surface area contributed by atoms with Crippen molar-refractivity contribution in [2.24, 2.45) is 5.92 Å². The number of piperidine rings is 1. The van der Waals surface area contributed by atoms with Crippen LogP contribution in [0, 0.1) is 5.92 Å². The summed E-state index contributed by atoms with van der Waals surface area (Å²) in [4.78, 5) is 10.8. The Balaban J connectivity index is 1.97. The molecule has 2 bridgehead atoms. The zero-order valence-electron chi connectivity index (χ0n) is 12.7. The lowest BCUT2D eigenvalue weighted by Gasteiger charge is -2.37. The molecular formula is C14H25NO5S. The lowest BCUT2D eigenvalue weighted by atomic mass is 9.90. The highest BCUT2D eigenvalue weighted by Gasteiger charge is 2.46. The molecular weight excluding hydrogens is 294 g/mol. The number of sulfonamides is 1. The molecule has 0 radical (unpaired) electrons. The van der Waals surface area contributed by atoms with Crippen LogP contribution in [0.3, 0.4) is 0 Å². The largest absolute Gasteiger partial charge is 0.481 e. The van der Waals surface area contributed by atoms with Crippen molar-refractivity contribution in [3.63, 3.8) is 0 Å².